The standard InChI is InChI=1S/C14H15F3N2O2/c1-13(2,9-6-4-3-5-7-9)12-18-11(21-19-12)8-10(20)14(15,16)17/h3-7,10,20H,8H2,1-2H3. The van der Waals surface area contributed by atoms with E-state index < -0.39 is 24.1 Å². The topological polar surface area (TPSA) is 59.2 Å². The van der Waals surface area contributed by atoms with Crippen molar-refractivity contribution in [2.75, 3.05) is 0 Å². The Balaban J connectivity index is 2.20. The molecule has 0 aliphatic heterocycles. The number of nitrogens with zero attached hydrogens (tertiary/aromatic N) is 2. The minimum Gasteiger partial charge on any atom is -0.383 e. The number of benzene rings is 1. The first-order valence-corrected chi connectivity index (χ1v) is 6.34. The predicted octanol–water partition coefficient (Wildman–Crippen LogP) is 2.86. The van der Waals surface area contributed by atoms with Gasteiger partial charge in [-0.25, -0.2) is 0 Å². The number of rotatable bonds is 4. The second-order valence-electron chi connectivity index (χ2n) is 5.26. The van der Waals surface area contributed by atoms with Gasteiger partial charge in [0.15, 0.2) is 11.9 Å². The van der Waals surface area contributed by atoms with E-state index in [4.69, 9.17) is 9.63 Å². The Morgan fingerprint density at radius 2 is 1.81 bits per heavy atom. The number of halogens is 3. The van der Waals surface area contributed by atoms with Gasteiger partial charge in [-0.05, 0) is 19.4 Å². The molecule has 0 amide bonds. The van der Waals surface area contributed by atoms with Crippen molar-refractivity contribution in [2.24, 2.45) is 0 Å². The summed E-state index contributed by atoms with van der Waals surface area (Å²) in [7, 11) is 0. The molecule has 7 heteroatoms. The number of hydrogen-bond acceptors (Lipinski definition) is 4. The van der Waals surface area contributed by atoms with Gasteiger partial charge in [0, 0.05) is 0 Å². The molecule has 0 saturated carbocycles. The van der Waals surface area contributed by atoms with Crippen LogP contribution in [0, 0.1) is 0 Å². The van der Waals surface area contributed by atoms with Gasteiger partial charge in [0.2, 0.25) is 5.89 Å². The molecule has 1 heterocycles. The Morgan fingerprint density at radius 1 is 1.19 bits per heavy atom. The maximum Gasteiger partial charge on any atom is 0.414 e. The molecule has 0 aliphatic carbocycles. The molecule has 1 atom stereocenters. The summed E-state index contributed by atoms with van der Waals surface area (Å²) in [4.78, 5) is 3.97. The monoisotopic (exact) mass is 300 g/mol. The van der Waals surface area contributed by atoms with Gasteiger partial charge in [0.05, 0.1) is 11.8 Å². The summed E-state index contributed by atoms with van der Waals surface area (Å²) in [6, 6.07) is 9.32. The van der Waals surface area contributed by atoms with E-state index in [-0.39, 0.29) is 11.7 Å². The SMILES string of the molecule is CC(C)(c1ccccc1)c1noc(CC(O)C(F)(F)F)n1. The van der Waals surface area contributed by atoms with Crippen molar-refractivity contribution >= 4 is 0 Å². The lowest BCUT2D eigenvalue weighted by Crippen LogP contribution is -2.30. The van der Waals surface area contributed by atoms with Crippen LogP contribution in [0.3, 0.4) is 0 Å². The molecular weight excluding hydrogens is 285 g/mol. The maximum absolute atomic E-state index is 12.3. The quantitative estimate of drug-likeness (QED) is 0.943. The Labute approximate surface area is 119 Å². The van der Waals surface area contributed by atoms with Crippen LogP contribution in [0.5, 0.6) is 0 Å². The van der Waals surface area contributed by atoms with Crippen molar-refractivity contribution in [2.45, 2.75) is 38.0 Å². The van der Waals surface area contributed by atoms with Crippen LogP contribution in [0.1, 0.15) is 31.1 Å². The van der Waals surface area contributed by atoms with Gasteiger partial charge in [0.25, 0.3) is 0 Å². The van der Waals surface area contributed by atoms with E-state index in [9.17, 15) is 13.2 Å². The van der Waals surface area contributed by atoms with Gasteiger partial charge in [-0.3, -0.25) is 0 Å². The molecule has 0 aliphatic rings. The first-order chi connectivity index (χ1) is 9.71. The van der Waals surface area contributed by atoms with Crippen LogP contribution in [0.2, 0.25) is 0 Å². The van der Waals surface area contributed by atoms with E-state index in [1.807, 2.05) is 44.2 Å². The average Bonchev–Trinajstić information content (AvgIpc) is 2.88. The van der Waals surface area contributed by atoms with Crippen molar-refractivity contribution in [1.82, 2.24) is 10.1 Å². The third kappa shape index (κ3) is 3.41. The van der Waals surface area contributed by atoms with Crippen molar-refractivity contribution in [3.63, 3.8) is 0 Å². The zero-order chi connectivity index (χ0) is 15.7. The number of hydrogen-bond donors (Lipinski definition) is 1. The average molecular weight is 300 g/mol. The molecule has 0 saturated heterocycles. The number of alkyl halides is 3. The molecule has 2 aromatic rings. The summed E-state index contributed by atoms with van der Waals surface area (Å²) < 4.78 is 41.7. The van der Waals surface area contributed by atoms with E-state index in [1.54, 1.807) is 0 Å². The fraction of sp³-hybridized carbons (Fsp3) is 0.429. The molecular formula is C14H15F3N2O2. The lowest BCUT2D eigenvalue weighted by Gasteiger charge is -2.20. The van der Waals surface area contributed by atoms with E-state index in [2.05, 4.69) is 10.1 Å². The van der Waals surface area contributed by atoms with E-state index >= 15 is 0 Å². The van der Waals surface area contributed by atoms with Gasteiger partial charge in [-0.1, -0.05) is 35.5 Å². The van der Waals surface area contributed by atoms with E-state index in [0.717, 1.165) is 5.56 Å². The van der Waals surface area contributed by atoms with Crippen LogP contribution in [0.15, 0.2) is 34.9 Å². The minimum absolute atomic E-state index is 0.237. The van der Waals surface area contributed by atoms with Gasteiger partial charge in [0.1, 0.15) is 0 Å². The van der Waals surface area contributed by atoms with Crippen molar-refractivity contribution in [3.05, 3.63) is 47.6 Å². The Hall–Kier alpha value is -1.89. The predicted molar refractivity (Wildman–Crippen MR) is 68.6 cm³/mol. The molecule has 0 bridgehead atoms. The first kappa shape index (κ1) is 15.5. The number of aliphatic hydroxyl groups is 1. The van der Waals surface area contributed by atoms with Crippen LogP contribution >= 0.6 is 0 Å². The molecule has 1 aromatic carbocycles. The first-order valence-electron chi connectivity index (χ1n) is 6.34. The third-order valence-electron chi connectivity index (χ3n) is 3.27. The Kier molecular flexibility index (Phi) is 4.04. The zero-order valence-electron chi connectivity index (χ0n) is 11.6. The van der Waals surface area contributed by atoms with Crippen LogP contribution in [0.4, 0.5) is 13.2 Å². The fourth-order valence-corrected chi connectivity index (χ4v) is 1.86. The third-order valence-corrected chi connectivity index (χ3v) is 3.27. The lowest BCUT2D eigenvalue weighted by atomic mass is 9.84. The summed E-state index contributed by atoms with van der Waals surface area (Å²) in [6.45, 7) is 3.69. The normalized spacial score (nSPS) is 14.2. The van der Waals surface area contributed by atoms with Crippen molar-refractivity contribution < 1.29 is 22.8 Å². The van der Waals surface area contributed by atoms with Crippen molar-refractivity contribution in [3.8, 4) is 0 Å². The summed E-state index contributed by atoms with van der Waals surface area (Å²) in [6.07, 6.45) is -7.96. The summed E-state index contributed by atoms with van der Waals surface area (Å²) in [5.74, 6) is 0.0388. The molecule has 4 nitrogen and oxygen atoms in total. The Bertz CT molecular complexity index is 594. The van der Waals surface area contributed by atoms with Gasteiger partial charge in [-0.2, -0.15) is 18.2 Å². The van der Waals surface area contributed by atoms with Crippen molar-refractivity contribution in [1.29, 1.82) is 0 Å². The van der Waals surface area contributed by atoms with Crippen LogP contribution in [-0.2, 0) is 11.8 Å². The molecule has 1 unspecified atom stereocenters. The van der Waals surface area contributed by atoms with Gasteiger partial charge in [-0.15, -0.1) is 0 Å². The summed E-state index contributed by atoms with van der Waals surface area (Å²) >= 11 is 0. The second-order valence-corrected chi connectivity index (χ2v) is 5.26. The molecule has 1 N–H and O–H groups in total. The molecule has 0 spiro atoms. The van der Waals surface area contributed by atoms with Gasteiger partial charge >= 0.3 is 6.18 Å². The van der Waals surface area contributed by atoms with Crippen LogP contribution in [0.25, 0.3) is 0 Å². The molecule has 0 radical (unpaired) electrons. The highest BCUT2D eigenvalue weighted by Gasteiger charge is 2.39. The second kappa shape index (κ2) is 5.48. The maximum atomic E-state index is 12.3. The van der Waals surface area contributed by atoms with Crippen LogP contribution in [-0.4, -0.2) is 27.5 Å². The highest BCUT2D eigenvalue weighted by molar-refractivity contribution is 5.30. The number of aliphatic hydroxyl groups excluding tert-OH is 1. The van der Waals surface area contributed by atoms with E-state index in [0.29, 0.717) is 0 Å². The highest BCUT2D eigenvalue weighted by Crippen LogP contribution is 2.29. The zero-order valence-corrected chi connectivity index (χ0v) is 11.6. The van der Waals surface area contributed by atoms with E-state index in [1.165, 1.54) is 0 Å². The smallest absolute Gasteiger partial charge is 0.383 e. The Morgan fingerprint density at radius 3 is 2.38 bits per heavy atom. The molecule has 0 fully saturated rings. The van der Waals surface area contributed by atoms with Gasteiger partial charge < -0.3 is 9.63 Å². The highest BCUT2D eigenvalue weighted by atomic mass is 19.4. The number of aromatic nitrogens is 2. The minimum atomic E-state index is -4.70. The fourth-order valence-electron chi connectivity index (χ4n) is 1.86. The largest absolute Gasteiger partial charge is 0.414 e. The molecule has 21 heavy (non-hydrogen) atoms. The van der Waals surface area contributed by atoms with Crippen LogP contribution < -0.4 is 0 Å². The summed E-state index contributed by atoms with van der Waals surface area (Å²) in [5, 5.41) is 12.8. The molecule has 2 rings (SSSR count). The molecule has 114 valence electrons. The lowest BCUT2D eigenvalue weighted by molar-refractivity contribution is -0.204. The molecule has 1 aromatic heterocycles. The summed E-state index contributed by atoms with van der Waals surface area (Å²) in [5.41, 5.74) is 0.306.